The van der Waals surface area contributed by atoms with Gasteiger partial charge >= 0.3 is 0 Å². The Hall–Kier alpha value is -2.97. The lowest BCUT2D eigenvalue weighted by atomic mass is 9.64. The van der Waals surface area contributed by atoms with Crippen LogP contribution in [0, 0.1) is 25.7 Å². The minimum Gasteiger partial charge on any atom is -0.394 e. The SMILES string of the molecule is C=CCN(C)C(=O)[C@H]1[C@H]2C(=O)N([C@H](C)CO)C(C(=O)N(CC=C)c3c(C)cccc3C)C23CC[C@]1(CC)O3. The number of aryl methyl sites for hydroxylation is 2. The number of anilines is 1. The molecule has 1 aromatic rings. The van der Waals surface area contributed by atoms with Crippen molar-refractivity contribution in [2.75, 3.05) is 31.6 Å². The number of hydrogen-bond donors (Lipinski definition) is 1. The van der Waals surface area contributed by atoms with Crippen LogP contribution in [-0.2, 0) is 19.1 Å². The van der Waals surface area contributed by atoms with Crippen LogP contribution in [0.25, 0.3) is 0 Å². The fourth-order valence-electron chi connectivity index (χ4n) is 7.19. The van der Waals surface area contributed by atoms with Crippen LogP contribution in [-0.4, -0.2) is 82.7 Å². The molecular formula is C30H41N3O5. The molecule has 3 aliphatic heterocycles. The molecule has 38 heavy (non-hydrogen) atoms. The lowest BCUT2D eigenvalue weighted by Crippen LogP contribution is -2.58. The average molecular weight is 524 g/mol. The van der Waals surface area contributed by atoms with Gasteiger partial charge in [0.05, 0.1) is 30.1 Å². The maximum absolute atomic E-state index is 14.7. The number of para-hydroxylation sites is 1. The summed E-state index contributed by atoms with van der Waals surface area (Å²) in [6, 6.07) is 4.25. The molecule has 0 radical (unpaired) electrons. The molecule has 8 nitrogen and oxygen atoms in total. The van der Waals surface area contributed by atoms with Crippen LogP contribution in [0.15, 0.2) is 43.5 Å². The van der Waals surface area contributed by atoms with Gasteiger partial charge in [0.15, 0.2) is 0 Å². The van der Waals surface area contributed by atoms with Crippen molar-refractivity contribution in [1.29, 1.82) is 0 Å². The van der Waals surface area contributed by atoms with Crippen LogP contribution in [0.5, 0.6) is 0 Å². The lowest BCUT2D eigenvalue weighted by Gasteiger charge is -2.39. The number of nitrogens with zero attached hydrogens (tertiary/aromatic N) is 3. The van der Waals surface area contributed by atoms with Crippen molar-refractivity contribution in [2.45, 2.75) is 70.2 Å². The summed E-state index contributed by atoms with van der Waals surface area (Å²) in [4.78, 5) is 47.5. The normalized spacial score (nSPS) is 30.2. The van der Waals surface area contributed by atoms with Gasteiger partial charge in [0.2, 0.25) is 11.8 Å². The Bertz CT molecular complexity index is 1130. The number of aliphatic hydroxyl groups excluding tert-OH is 1. The summed E-state index contributed by atoms with van der Waals surface area (Å²) in [7, 11) is 1.70. The molecule has 2 bridgehead atoms. The van der Waals surface area contributed by atoms with Gasteiger partial charge in [-0.25, -0.2) is 0 Å². The van der Waals surface area contributed by atoms with E-state index >= 15 is 0 Å². The number of fused-ring (bicyclic) bond motifs is 1. The van der Waals surface area contributed by atoms with E-state index < -0.39 is 35.1 Å². The smallest absolute Gasteiger partial charge is 0.253 e. The van der Waals surface area contributed by atoms with E-state index in [4.69, 9.17) is 4.74 Å². The number of likely N-dealkylation sites (N-methyl/N-ethyl adjacent to an activating group) is 1. The first kappa shape index (κ1) is 28.0. The summed E-state index contributed by atoms with van der Waals surface area (Å²) in [5.74, 6) is -2.27. The molecule has 3 amide bonds. The highest BCUT2D eigenvalue weighted by Gasteiger charge is 2.79. The Morgan fingerprint density at radius 3 is 2.37 bits per heavy atom. The fraction of sp³-hybridized carbons (Fsp3) is 0.567. The van der Waals surface area contributed by atoms with Gasteiger partial charge in [-0.2, -0.15) is 0 Å². The molecule has 1 spiro atoms. The summed E-state index contributed by atoms with van der Waals surface area (Å²) in [5, 5.41) is 10.2. The van der Waals surface area contributed by atoms with E-state index in [1.807, 2.05) is 39.0 Å². The Morgan fingerprint density at radius 2 is 1.82 bits per heavy atom. The predicted octanol–water partition coefficient (Wildman–Crippen LogP) is 3.00. The first-order chi connectivity index (χ1) is 18.0. The molecule has 3 saturated heterocycles. The molecule has 206 valence electrons. The first-order valence-corrected chi connectivity index (χ1v) is 13.5. The van der Waals surface area contributed by atoms with E-state index in [0.717, 1.165) is 16.8 Å². The van der Waals surface area contributed by atoms with Crippen LogP contribution < -0.4 is 4.90 Å². The van der Waals surface area contributed by atoms with Crippen molar-refractivity contribution in [3.8, 4) is 0 Å². The quantitative estimate of drug-likeness (QED) is 0.476. The minimum absolute atomic E-state index is 0.172. The standard InChI is InChI=1S/C30H41N3O5/c1-8-16-31(7)26(35)22-23-27(36)33(21(6)18-34)25(30(23)15-14-29(22,10-3)38-30)28(37)32(17-9-2)24-19(4)12-11-13-20(24)5/h8-9,11-13,21-23,25,34H,1-2,10,14-18H2,3-7H3/t21-,22-,23+,25?,29+,30?/m1/s1. The van der Waals surface area contributed by atoms with Crippen LogP contribution in [0.3, 0.4) is 0 Å². The molecule has 3 aliphatic rings. The number of benzene rings is 1. The van der Waals surface area contributed by atoms with Crippen molar-refractivity contribution in [2.24, 2.45) is 11.8 Å². The molecular weight excluding hydrogens is 482 g/mol. The van der Waals surface area contributed by atoms with Crippen molar-refractivity contribution in [3.63, 3.8) is 0 Å². The second-order valence-corrected chi connectivity index (χ2v) is 11.1. The topological polar surface area (TPSA) is 90.4 Å². The fourth-order valence-corrected chi connectivity index (χ4v) is 7.19. The Kier molecular flexibility index (Phi) is 7.60. The summed E-state index contributed by atoms with van der Waals surface area (Å²) < 4.78 is 6.85. The van der Waals surface area contributed by atoms with Gasteiger partial charge in [0.1, 0.15) is 11.6 Å². The first-order valence-electron chi connectivity index (χ1n) is 13.5. The van der Waals surface area contributed by atoms with Crippen molar-refractivity contribution in [3.05, 3.63) is 54.6 Å². The molecule has 1 aromatic carbocycles. The molecule has 1 N–H and O–H groups in total. The second-order valence-electron chi connectivity index (χ2n) is 11.1. The van der Waals surface area contributed by atoms with E-state index in [2.05, 4.69) is 13.2 Å². The third kappa shape index (κ3) is 3.92. The van der Waals surface area contributed by atoms with Crippen LogP contribution in [0.4, 0.5) is 5.69 Å². The number of amides is 3. The van der Waals surface area contributed by atoms with Gasteiger partial charge in [0.25, 0.3) is 5.91 Å². The molecule has 0 saturated carbocycles. The number of aliphatic hydroxyl groups is 1. The van der Waals surface area contributed by atoms with Gasteiger partial charge in [-0.05, 0) is 51.2 Å². The van der Waals surface area contributed by atoms with E-state index in [0.29, 0.717) is 25.8 Å². The number of carbonyl (C=O) groups is 3. The number of hydrogen-bond acceptors (Lipinski definition) is 5. The van der Waals surface area contributed by atoms with E-state index in [-0.39, 0.29) is 30.9 Å². The van der Waals surface area contributed by atoms with Gasteiger partial charge in [0, 0.05) is 25.8 Å². The maximum Gasteiger partial charge on any atom is 0.253 e. The highest BCUT2D eigenvalue weighted by atomic mass is 16.5. The minimum atomic E-state index is -1.15. The third-order valence-electron chi connectivity index (χ3n) is 8.92. The van der Waals surface area contributed by atoms with Crippen LogP contribution in [0.2, 0.25) is 0 Å². The van der Waals surface area contributed by atoms with Crippen molar-refractivity contribution < 1.29 is 24.2 Å². The zero-order chi connectivity index (χ0) is 28.0. The maximum atomic E-state index is 14.7. The van der Waals surface area contributed by atoms with Gasteiger partial charge in [-0.15, -0.1) is 13.2 Å². The van der Waals surface area contributed by atoms with E-state index in [1.165, 1.54) is 4.90 Å². The molecule has 0 aliphatic carbocycles. The summed E-state index contributed by atoms with van der Waals surface area (Å²) >= 11 is 0. The largest absolute Gasteiger partial charge is 0.394 e. The summed E-state index contributed by atoms with van der Waals surface area (Å²) in [6.45, 7) is 15.5. The molecule has 6 atom stereocenters. The highest BCUT2D eigenvalue weighted by Crippen LogP contribution is 2.65. The van der Waals surface area contributed by atoms with Crippen molar-refractivity contribution >= 4 is 23.4 Å². The third-order valence-corrected chi connectivity index (χ3v) is 8.92. The molecule has 2 unspecified atom stereocenters. The predicted molar refractivity (Wildman–Crippen MR) is 147 cm³/mol. The lowest BCUT2D eigenvalue weighted by molar-refractivity contribution is -0.152. The molecule has 3 fully saturated rings. The summed E-state index contributed by atoms with van der Waals surface area (Å²) in [5.41, 5.74) is 0.667. The number of ether oxygens (including phenoxy) is 1. The van der Waals surface area contributed by atoms with Gasteiger partial charge < -0.3 is 24.5 Å². The Balaban J connectivity index is 1.88. The highest BCUT2D eigenvalue weighted by molar-refractivity contribution is 6.05. The van der Waals surface area contributed by atoms with Crippen LogP contribution >= 0.6 is 0 Å². The Labute approximate surface area is 225 Å². The van der Waals surface area contributed by atoms with Crippen molar-refractivity contribution in [1.82, 2.24) is 9.80 Å². The Morgan fingerprint density at radius 1 is 1.18 bits per heavy atom. The monoisotopic (exact) mass is 523 g/mol. The zero-order valence-corrected chi connectivity index (χ0v) is 23.3. The molecule has 8 heteroatoms. The van der Waals surface area contributed by atoms with Gasteiger partial charge in [-0.3, -0.25) is 14.4 Å². The number of carbonyl (C=O) groups excluding carboxylic acids is 3. The molecule has 0 aromatic heterocycles. The van der Waals surface area contributed by atoms with Crippen LogP contribution in [0.1, 0.15) is 44.2 Å². The second kappa shape index (κ2) is 10.3. The van der Waals surface area contributed by atoms with E-state index in [9.17, 15) is 19.5 Å². The summed E-state index contributed by atoms with van der Waals surface area (Å²) in [6.07, 6.45) is 4.96. The molecule has 4 rings (SSSR count). The molecule has 3 heterocycles. The average Bonchev–Trinajstić information content (AvgIpc) is 3.50. The zero-order valence-electron chi connectivity index (χ0n) is 23.3. The number of rotatable bonds is 10. The van der Waals surface area contributed by atoms with Gasteiger partial charge in [-0.1, -0.05) is 37.3 Å². The number of likely N-dealkylation sites (tertiary alicyclic amines) is 1. The van der Waals surface area contributed by atoms with E-state index in [1.54, 1.807) is 35.9 Å².